The Morgan fingerprint density at radius 1 is 1.00 bits per heavy atom. The molecule has 0 saturated heterocycles. The van der Waals surface area contributed by atoms with Crippen LogP contribution in [0.5, 0.6) is 11.5 Å². The molecule has 0 aliphatic heterocycles. The van der Waals surface area contributed by atoms with Crippen molar-refractivity contribution in [3.63, 3.8) is 0 Å². The minimum absolute atomic E-state index is 0.124. The highest BCUT2D eigenvalue weighted by Gasteiger charge is 2.17. The molecular weight excluding hydrogens is 484 g/mol. The maximum Gasteiger partial charge on any atom is 0.343 e. The smallest absolute Gasteiger partial charge is 0.343 e. The Morgan fingerprint density at radius 3 is 2.43 bits per heavy atom. The Morgan fingerprint density at radius 2 is 1.74 bits per heavy atom. The van der Waals surface area contributed by atoms with Crippen molar-refractivity contribution in [2.45, 2.75) is 0 Å². The van der Waals surface area contributed by atoms with Crippen molar-refractivity contribution in [3.05, 3.63) is 103 Å². The van der Waals surface area contributed by atoms with E-state index < -0.39 is 28.3 Å². The van der Waals surface area contributed by atoms with E-state index in [-0.39, 0.29) is 33.5 Å². The molecule has 0 bridgehead atoms. The van der Waals surface area contributed by atoms with Crippen molar-refractivity contribution in [2.24, 2.45) is 5.10 Å². The van der Waals surface area contributed by atoms with Crippen LogP contribution in [0.25, 0.3) is 0 Å². The summed E-state index contributed by atoms with van der Waals surface area (Å²) in [5, 5.41) is 25.7. The first-order valence-corrected chi connectivity index (χ1v) is 10.1. The Balaban J connectivity index is 1.54. The number of nitrogens with one attached hydrogen (secondary N) is 1. The molecule has 0 atom stereocenters. The highest BCUT2D eigenvalue weighted by Crippen LogP contribution is 2.29. The Kier molecular flexibility index (Phi) is 8.03. The van der Waals surface area contributed by atoms with Crippen LogP contribution in [0.3, 0.4) is 0 Å². The summed E-state index contributed by atoms with van der Waals surface area (Å²) in [4.78, 5) is 44.7. The molecule has 13 heteroatoms. The van der Waals surface area contributed by atoms with Crippen LogP contribution in [0.2, 0.25) is 5.02 Å². The van der Waals surface area contributed by atoms with Crippen molar-refractivity contribution < 1.29 is 28.9 Å². The number of nitro groups is 2. The first-order valence-electron chi connectivity index (χ1n) is 9.68. The van der Waals surface area contributed by atoms with Crippen LogP contribution >= 0.6 is 11.6 Å². The first kappa shape index (κ1) is 24.8. The molecule has 3 aromatic rings. The fourth-order valence-corrected chi connectivity index (χ4v) is 2.82. The van der Waals surface area contributed by atoms with Crippen molar-refractivity contribution in [3.8, 4) is 11.5 Å². The van der Waals surface area contributed by atoms with Gasteiger partial charge in [0.25, 0.3) is 11.6 Å². The summed E-state index contributed by atoms with van der Waals surface area (Å²) in [7, 11) is 0. The van der Waals surface area contributed by atoms with E-state index in [1.54, 1.807) is 12.1 Å². The summed E-state index contributed by atoms with van der Waals surface area (Å²) in [6.45, 7) is -0.535. The lowest BCUT2D eigenvalue weighted by molar-refractivity contribution is -0.385. The number of hydrogen-bond donors (Lipinski definition) is 1. The third-order valence-corrected chi connectivity index (χ3v) is 4.50. The second kappa shape index (κ2) is 11.3. The van der Waals surface area contributed by atoms with E-state index in [9.17, 15) is 29.8 Å². The zero-order valence-electron chi connectivity index (χ0n) is 17.6. The van der Waals surface area contributed by atoms with Crippen LogP contribution in [0.4, 0.5) is 11.4 Å². The normalized spacial score (nSPS) is 10.5. The molecule has 0 radical (unpaired) electrons. The molecule has 0 fully saturated rings. The molecule has 0 unspecified atom stereocenters. The fourth-order valence-electron chi connectivity index (χ4n) is 2.65. The molecule has 178 valence electrons. The number of benzene rings is 3. The lowest BCUT2D eigenvalue weighted by atomic mass is 10.2. The van der Waals surface area contributed by atoms with Crippen molar-refractivity contribution in [1.29, 1.82) is 0 Å². The third kappa shape index (κ3) is 7.07. The number of esters is 1. The number of carbonyl (C=O) groups is 2. The fraction of sp³-hybridized carbons (Fsp3) is 0.0455. The van der Waals surface area contributed by atoms with Gasteiger partial charge in [-0.15, -0.1) is 0 Å². The number of carbonyl (C=O) groups excluding carboxylic acids is 2. The molecule has 1 amide bonds. The minimum atomic E-state index is -0.712. The molecule has 3 rings (SSSR count). The molecule has 3 aromatic carbocycles. The quantitative estimate of drug-likeness (QED) is 0.152. The van der Waals surface area contributed by atoms with Crippen molar-refractivity contribution in [1.82, 2.24) is 5.43 Å². The number of halogens is 1. The second-order valence-corrected chi connectivity index (χ2v) is 7.15. The molecule has 1 N–H and O–H groups in total. The molecular formula is C22H15ClN4O8. The average molecular weight is 499 g/mol. The van der Waals surface area contributed by atoms with E-state index in [0.717, 1.165) is 6.07 Å². The number of nitrogens with zero attached hydrogens (tertiary/aromatic N) is 3. The molecule has 0 spiro atoms. The predicted molar refractivity (Wildman–Crippen MR) is 124 cm³/mol. The monoisotopic (exact) mass is 498 g/mol. The first-order chi connectivity index (χ1) is 16.7. The molecule has 12 nitrogen and oxygen atoms in total. The molecule has 35 heavy (non-hydrogen) atoms. The predicted octanol–water partition coefficient (Wildman–Crippen LogP) is 3.90. The minimum Gasteiger partial charge on any atom is -0.477 e. The van der Waals surface area contributed by atoms with Crippen molar-refractivity contribution >= 4 is 41.1 Å². The van der Waals surface area contributed by atoms with Gasteiger partial charge in [-0.1, -0.05) is 23.7 Å². The summed E-state index contributed by atoms with van der Waals surface area (Å²) in [5.41, 5.74) is 2.28. The van der Waals surface area contributed by atoms with Gasteiger partial charge in [0.05, 0.1) is 21.6 Å². The number of ether oxygens (including phenoxy) is 2. The van der Waals surface area contributed by atoms with E-state index >= 15 is 0 Å². The number of non-ortho nitro benzene ring substituents is 1. The number of nitro benzene ring substituents is 2. The number of hydrazone groups is 1. The summed E-state index contributed by atoms with van der Waals surface area (Å²) >= 11 is 5.73. The van der Waals surface area contributed by atoms with E-state index in [4.69, 9.17) is 21.1 Å². The zero-order valence-corrected chi connectivity index (χ0v) is 18.4. The topological polar surface area (TPSA) is 163 Å². The molecule has 0 aliphatic carbocycles. The van der Waals surface area contributed by atoms with Crippen LogP contribution in [0.1, 0.15) is 15.9 Å². The van der Waals surface area contributed by atoms with E-state index in [1.807, 2.05) is 0 Å². The summed E-state index contributed by atoms with van der Waals surface area (Å²) in [6.07, 6.45) is 1.28. The van der Waals surface area contributed by atoms with Gasteiger partial charge < -0.3 is 9.47 Å². The average Bonchev–Trinajstić information content (AvgIpc) is 2.83. The summed E-state index contributed by atoms with van der Waals surface area (Å²) in [5.74, 6) is -1.33. The van der Waals surface area contributed by atoms with Crippen molar-refractivity contribution in [2.75, 3.05) is 6.61 Å². The maximum atomic E-state index is 12.2. The Labute approximate surface area is 202 Å². The molecule has 0 aromatic heterocycles. The Hall–Kier alpha value is -4.84. The van der Waals surface area contributed by atoms with Gasteiger partial charge in [0.15, 0.2) is 12.4 Å². The number of rotatable bonds is 9. The van der Waals surface area contributed by atoms with Crippen LogP contribution in [-0.2, 0) is 4.79 Å². The largest absolute Gasteiger partial charge is 0.477 e. The number of amides is 1. The van der Waals surface area contributed by atoms with Gasteiger partial charge in [0.2, 0.25) is 0 Å². The SMILES string of the molecule is O=C(COc1ccc(Cl)cc1[N+](=O)[O-])NN=Cc1cccc(OC(=O)c2ccc([N+](=O)[O-])cc2)c1. The zero-order chi connectivity index (χ0) is 25.4. The van der Waals surface area contributed by atoms with Crippen LogP contribution < -0.4 is 14.9 Å². The second-order valence-electron chi connectivity index (χ2n) is 6.72. The van der Waals surface area contributed by atoms with Gasteiger partial charge >= 0.3 is 11.7 Å². The van der Waals surface area contributed by atoms with Gasteiger partial charge in [-0.2, -0.15) is 5.10 Å². The van der Waals surface area contributed by atoms with Gasteiger partial charge in [-0.3, -0.25) is 25.0 Å². The highest BCUT2D eigenvalue weighted by atomic mass is 35.5. The van der Waals surface area contributed by atoms with Gasteiger partial charge in [0.1, 0.15) is 5.75 Å². The molecule has 0 saturated carbocycles. The van der Waals surface area contributed by atoms with E-state index in [0.29, 0.717) is 5.56 Å². The van der Waals surface area contributed by atoms with E-state index in [1.165, 1.54) is 54.7 Å². The lowest BCUT2D eigenvalue weighted by Gasteiger charge is -2.06. The van der Waals surface area contributed by atoms with E-state index in [2.05, 4.69) is 10.5 Å². The molecule has 0 aliphatic rings. The highest BCUT2D eigenvalue weighted by molar-refractivity contribution is 6.30. The Bertz CT molecular complexity index is 1310. The summed E-state index contributed by atoms with van der Waals surface area (Å²) < 4.78 is 10.4. The van der Waals surface area contributed by atoms with Crippen LogP contribution in [0.15, 0.2) is 71.8 Å². The van der Waals surface area contributed by atoms with Gasteiger partial charge in [-0.05, 0) is 42.0 Å². The molecule has 0 heterocycles. The third-order valence-electron chi connectivity index (χ3n) is 4.26. The van der Waals surface area contributed by atoms with Crippen LogP contribution in [-0.4, -0.2) is 34.5 Å². The number of hydrogen-bond acceptors (Lipinski definition) is 9. The van der Waals surface area contributed by atoms with Gasteiger partial charge in [-0.25, -0.2) is 10.2 Å². The summed E-state index contributed by atoms with van der Waals surface area (Å²) in [6, 6.07) is 14.9. The standard InChI is InChI=1S/C22H15ClN4O8/c23-16-6-9-20(19(11-16)27(32)33)34-13-21(28)25-24-12-14-2-1-3-18(10-14)35-22(29)15-4-7-17(8-5-15)26(30)31/h1-12H,13H2,(H,25,28). The van der Waals surface area contributed by atoms with Gasteiger partial charge in [0, 0.05) is 23.2 Å². The lowest BCUT2D eigenvalue weighted by Crippen LogP contribution is -2.24. The maximum absolute atomic E-state index is 12.2. The van der Waals surface area contributed by atoms with Crippen LogP contribution in [0, 0.1) is 20.2 Å².